The molecule has 8 heteroatoms. The summed E-state index contributed by atoms with van der Waals surface area (Å²) in [6.07, 6.45) is 0. The van der Waals surface area contributed by atoms with Crippen LogP contribution in [0.1, 0.15) is 26.3 Å². The Morgan fingerprint density at radius 3 is 2.06 bits per heavy atom. The molecule has 0 saturated carbocycles. The van der Waals surface area contributed by atoms with Crippen LogP contribution in [0.2, 0.25) is 0 Å². The summed E-state index contributed by atoms with van der Waals surface area (Å²) in [7, 11) is -0.475. The van der Waals surface area contributed by atoms with Crippen molar-refractivity contribution >= 4 is 33.2 Å². The first-order valence-corrected chi connectivity index (χ1v) is 11.0. The van der Waals surface area contributed by atoms with Crippen LogP contribution in [0.5, 0.6) is 0 Å². The smallest absolute Gasteiger partial charge is 0.261 e. The maximum atomic E-state index is 12.6. The number of benzene rings is 3. The van der Waals surface area contributed by atoms with Crippen molar-refractivity contribution < 1.29 is 18.0 Å². The Kier molecular flexibility index (Phi) is 6.41. The normalized spacial score (nSPS) is 10.9. The third-order valence-electron chi connectivity index (χ3n) is 4.50. The van der Waals surface area contributed by atoms with Crippen LogP contribution in [-0.2, 0) is 10.0 Å². The Balaban J connectivity index is 1.72. The number of nitrogens with zero attached hydrogens (tertiary/aromatic N) is 1. The molecule has 7 nitrogen and oxygen atoms in total. The van der Waals surface area contributed by atoms with Gasteiger partial charge in [-0.15, -0.1) is 0 Å². The molecule has 0 spiro atoms. The summed E-state index contributed by atoms with van der Waals surface area (Å²) < 4.78 is 27.6. The summed E-state index contributed by atoms with van der Waals surface area (Å²) in [5.41, 5.74) is 2.69. The molecule has 0 aromatic heterocycles. The Morgan fingerprint density at radius 1 is 0.806 bits per heavy atom. The topological polar surface area (TPSA) is 95.6 Å². The van der Waals surface area contributed by atoms with E-state index in [9.17, 15) is 18.0 Å². The molecule has 0 saturated heterocycles. The summed E-state index contributed by atoms with van der Waals surface area (Å²) in [6.45, 7) is 1.92. The van der Waals surface area contributed by atoms with Gasteiger partial charge < -0.3 is 10.2 Å². The third-order valence-corrected chi connectivity index (χ3v) is 5.90. The number of rotatable bonds is 6. The number of carbonyl (C=O) groups is 2. The minimum Gasteiger partial charge on any atom is -0.345 e. The number of hydrogen-bond donors (Lipinski definition) is 2. The van der Waals surface area contributed by atoms with Gasteiger partial charge in [-0.25, -0.2) is 8.42 Å². The number of hydrogen-bond acceptors (Lipinski definition) is 4. The second-order valence-electron chi connectivity index (χ2n) is 7.23. The van der Waals surface area contributed by atoms with Gasteiger partial charge in [0.1, 0.15) is 0 Å². The zero-order valence-corrected chi connectivity index (χ0v) is 18.2. The highest BCUT2D eigenvalue weighted by Gasteiger charge is 2.16. The van der Waals surface area contributed by atoms with E-state index in [0.29, 0.717) is 22.5 Å². The van der Waals surface area contributed by atoms with Crippen LogP contribution in [0.4, 0.5) is 11.4 Å². The van der Waals surface area contributed by atoms with Crippen LogP contribution in [0.25, 0.3) is 0 Å². The lowest BCUT2D eigenvalue weighted by molar-refractivity contribution is 0.0827. The summed E-state index contributed by atoms with van der Waals surface area (Å²) >= 11 is 0. The fourth-order valence-electron chi connectivity index (χ4n) is 2.81. The van der Waals surface area contributed by atoms with Gasteiger partial charge in [0.05, 0.1) is 4.90 Å². The van der Waals surface area contributed by atoms with E-state index in [2.05, 4.69) is 10.0 Å². The number of anilines is 2. The fraction of sp³-hybridized carbons (Fsp3) is 0.130. The average Bonchev–Trinajstić information content (AvgIpc) is 2.75. The fourth-order valence-corrected chi connectivity index (χ4v) is 3.87. The van der Waals surface area contributed by atoms with Gasteiger partial charge >= 0.3 is 0 Å². The van der Waals surface area contributed by atoms with Crippen molar-refractivity contribution in [2.75, 3.05) is 24.1 Å². The van der Waals surface area contributed by atoms with E-state index in [1.54, 1.807) is 50.5 Å². The largest absolute Gasteiger partial charge is 0.345 e. The standard InChI is InChI=1S/C23H23N3O4S/c1-16-7-11-19(12-8-16)25-31(29,30)21-13-9-17(10-14-21)22(27)24-20-6-4-5-18(15-20)23(28)26(2)3/h4-15,25H,1-3H3,(H,24,27). The first-order valence-electron chi connectivity index (χ1n) is 9.48. The minimum absolute atomic E-state index is 0.0446. The van der Waals surface area contributed by atoms with Gasteiger partial charge in [-0.1, -0.05) is 23.8 Å². The van der Waals surface area contributed by atoms with Gasteiger partial charge in [-0.05, 0) is 61.5 Å². The first-order chi connectivity index (χ1) is 14.7. The highest BCUT2D eigenvalue weighted by molar-refractivity contribution is 7.92. The molecule has 2 amide bonds. The molecule has 2 N–H and O–H groups in total. The van der Waals surface area contributed by atoms with Crippen molar-refractivity contribution in [3.8, 4) is 0 Å². The molecule has 0 radical (unpaired) electrons. The zero-order chi connectivity index (χ0) is 22.6. The zero-order valence-electron chi connectivity index (χ0n) is 17.4. The summed E-state index contributed by atoms with van der Waals surface area (Å²) in [5, 5.41) is 2.72. The van der Waals surface area contributed by atoms with Gasteiger partial charge in [-0.3, -0.25) is 14.3 Å². The molecule has 160 valence electrons. The Hall–Kier alpha value is -3.65. The average molecular weight is 438 g/mol. The molecular weight excluding hydrogens is 414 g/mol. The van der Waals surface area contributed by atoms with Gasteiger partial charge in [0.2, 0.25) is 0 Å². The second-order valence-corrected chi connectivity index (χ2v) is 8.91. The summed E-state index contributed by atoms with van der Waals surface area (Å²) in [6, 6.07) is 19.2. The van der Waals surface area contributed by atoms with Crippen LogP contribution >= 0.6 is 0 Å². The van der Waals surface area contributed by atoms with Crippen molar-refractivity contribution in [3.05, 3.63) is 89.5 Å². The van der Waals surface area contributed by atoms with Gasteiger partial charge in [-0.2, -0.15) is 0 Å². The van der Waals surface area contributed by atoms with E-state index in [0.717, 1.165) is 5.56 Å². The molecule has 0 aliphatic carbocycles. The van der Waals surface area contributed by atoms with Crippen LogP contribution in [0.3, 0.4) is 0 Å². The monoisotopic (exact) mass is 437 g/mol. The van der Waals surface area contributed by atoms with Gasteiger partial charge in [0.15, 0.2) is 0 Å². The molecule has 31 heavy (non-hydrogen) atoms. The number of aryl methyl sites for hydroxylation is 1. The van der Waals surface area contributed by atoms with Crippen molar-refractivity contribution in [2.45, 2.75) is 11.8 Å². The molecule has 0 atom stereocenters. The summed E-state index contributed by atoms with van der Waals surface area (Å²) in [5.74, 6) is -0.586. The van der Waals surface area contributed by atoms with E-state index in [1.165, 1.54) is 29.2 Å². The van der Waals surface area contributed by atoms with Crippen LogP contribution in [-0.4, -0.2) is 39.2 Å². The van der Waals surface area contributed by atoms with Crippen molar-refractivity contribution in [1.29, 1.82) is 0 Å². The maximum Gasteiger partial charge on any atom is 0.261 e. The number of amides is 2. The van der Waals surface area contributed by atoms with Crippen LogP contribution in [0.15, 0.2) is 77.7 Å². The number of nitrogens with one attached hydrogen (secondary N) is 2. The molecule has 0 bridgehead atoms. The first kappa shape index (κ1) is 22.0. The van der Waals surface area contributed by atoms with E-state index < -0.39 is 15.9 Å². The van der Waals surface area contributed by atoms with E-state index in [1.807, 2.05) is 19.1 Å². The molecule has 0 unspecified atom stereocenters. The number of sulfonamides is 1. The Morgan fingerprint density at radius 2 is 1.45 bits per heavy atom. The predicted octanol–water partition coefficient (Wildman–Crippen LogP) is 3.75. The minimum atomic E-state index is -3.77. The highest BCUT2D eigenvalue weighted by Crippen LogP contribution is 2.18. The summed E-state index contributed by atoms with van der Waals surface area (Å²) in [4.78, 5) is 26.1. The molecule has 0 aliphatic heterocycles. The molecule has 3 aromatic carbocycles. The quantitative estimate of drug-likeness (QED) is 0.614. The Labute approximate surface area is 181 Å². The molecular formula is C23H23N3O4S. The molecule has 0 heterocycles. The lowest BCUT2D eigenvalue weighted by Gasteiger charge is -2.12. The van der Waals surface area contributed by atoms with Crippen LogP contribution < -0.4 is 10.0 Å². The van der Waals surface area contributed by atoms with E-state index in [-0.39, 0.29) is 10.8 Å². The van der Waals surface area contributed by atoms with Crippen molar-refractivity contribution in [3.63, 3.8) is 0 Å². The third kappa shape index (κ3) is 5.49. The maximum absolute atomic E-state index is 12.6. The van der Waals surface area contributed by atoms with E-state index >= 15 is 0 Å². The van der Waals surface area contributed by atoms with Crippen molar-refractivity contribution in [1.82, 2.24) is 4.90 Å². The lowest BCUT2D eigenvalue weighted by Crippen LogP contribution is -2.22. The van der Waals surface area contributed by atoms with Gasteiger partial charge in [0.25, 0.3) is 21.8 Å². The van der Waals surface area contributed by atoms with Crippen LogP contribution in [0, 0.1) is 6.92 Å². The lowest BCUT2D eigenvalue weighted by atomic mass is 10.1. The molecule has 0 fully saturated rings. The molecule has 3 rings (SSSR count). The Bertz CT molecular complexity index is 1200. The molecule has 0 aliphatic rings. The van der Waals surface area contributed by atoms with E-state index in [4.69, 9.17) is 0 Å². The predicted molar refractivity (Wildman–Crippen MR) is 121 cm³/mol. The number of carbonyl (C=O) groups excluding carboxylic acids is 2. The SMILES string of the molecule is Cc1ccc(NS(=O)(=O)c2ccc(C(=O)Nc3cccc(C(=O)N(C)C)c3)cc2)cc1. The molecule has 3 aromatic rings. The van der Waals surface area contributed by atoms with Gasteiger partial charge in [0, 0.05) is 36.6 Å². The second kappa shape index (κ2) is 9.01. The highest BCUT2D eigenvalue weighted by atomic mass is 32.2. The van der Waals surface area contributed by atoms with Crippen molar-refractivity contribution in [2.24, 2.45) is 0 Å².